The number of rotatable bonds is 27. The summed E-state index contributed by atoms with van der Waals surface area (Å²) in [4.78, 5) is 91.9. The summed E-state index contributed by atoms with van der Waals surface area (Å²) in [6, 6.07) is 0. The Labute approximate surface area is 424 Å². The van der Waals surface area contributed by atoms with Crippen molar-refractivity contribution < 1.29 is 79.8 Å². The van der Waals surface area contributed by atoms with E-state index in [1.54, 1.807) is 0 Å². The van der Waals surface area contributed by atoms with Gasteiger partial charge in [0, 0.05) is 88.5 Å². The number of aliphatic hydroxyl groups excluding tert-OH is 9. The minimum absolute atomic E-state index is 0.0684. The highest BCUT2D eigenvalue weighted by atomic mass is 16.3. The van der Waals surface area contributed by atoms with Crippen molar-refractivity contribution in [2.75, 3.05) is 135 Å². The van der Waals surface area contributed by atoms with Crippen LogP contribution in [0.4, 0.5) is 11.4 Å². The Bertz CT molecular complexity index is 1840. The van der Waals surface area contributed by atoms with Crippen LogP contribution in [-0.2, 0) is 9.59 Å². The molecule has 410 valence electrons. The molecule has 0 fully saturated rings. The topological polar surface area (TPSA) is 324 Å². The maximum absolute atomic E-state index is 14.4. The van der Waals surface area contributed by atoms with Crippen molar-refractivity contribution in [2.45, 2.75) is 88.7 Å². The lowest BCUT2D eigenvalue weighted by Gasteiger charge is -2.39. The van der Waals surface area contributed by atoms with Crippen LogP contribution in [0.3, 0.4) is 0 Å². The molecule has 22 heteroatoms. The molecule has 0 saturated heterocycles. The first-order chi connectivity index (χ1) is 34.1. The Hall–Kier alpha value is -5.14. The quantitative estimate of drug-likeness (QED) is 0.0536. The molecule has 6 amide bonds. The first kappa shape index (κ1) is 66.9. The highest BCUT2D eigenvalue weighted by Gasteiger charge is 2.40. The van der Waals surface area contributed by atoms with Gasteiger partial charge in [-0.1, -0.05) is 27.7 Å². The van der Waals surface area contributed by atoms with Crippen molar-refractivity contribution in [3.8, 4) is 0 Å². The molecule has 72 heavy (non-hydrogen) atoms. The second-order valence-electron chi connectivity index (χ2n) is 16.5. The molecule has 2 rings (SSSR count). The zero-order valence-corrected chi connectivity index (χ0v) is 44.5. The first-order valence-electron chi connectivity index (χ1n) is 24.3. The van der Waals surface area contributed by atoms with Crippen LogP contribution in [-0.4, -0.2) is 237 Å². The molecule has 0 aliphatic rings. The van der Waals surface area contributed by atoms with E-state index in [0.29, 0.717) is 0 Å². The molecule has 0 aliphatic heterocycles. The number of anilines is 2. The molecule has 0 saturated carbocycles. The number of carbonyl (C=O) groups is 6. The second-order valence-corrected chi connectivity index (χ2v) is 16.5. The summed E-state index contributed by atoms with van der Waals surface area (Å²) in [6.07, 6.45) is 0. The van der Waals surface area contributed by atoms with E-state index in [1.165, 1.54) is 41.5 Å². The van der Waals surface area contributed by atoms with Gasteiger partial charge in [-0.05, 0) is 74.9 Å². The summed E-state index contributed by atoms with van der Waals surface area (Å²) in [5, 5.41) is 102. The van der Waals surface area contributed by atoms with Crippen LogP contribution in [0, 0.1) is 41.5 Å². The molecular formula is C50H84N6O16. The molecule has 2 aromatic rings. The fraction of sp³-hybridized carbons (Fsp3) is 0.640. The zero-order chi connectivity index (χ0) is 55.8. The first-order valence-corrected chi connectivity index (χ1v) is 24.3. The normalized spacial score (nSPS) is 10.9. The van der Waals surface area contributed by atoms with Crippen molar-refractivity contribution in [1.29, 1.82) is 0 Å². The van der Waals surface area contributed by atoms with Crippen LogP contribution in [0.25, 0.3) is 0 Å². The van der Waals surface area contributed by atoms with E-state index in [2.05, 4.69) is 0 Å². The van der Waals surface area contributed by atoms with E-state index in [1.807, 2.05) is 27.7 Å². The number of carbonyl (C=O) groups excluding carboxylic acids is 6. The lowest BCUT2D eigenvalue weighted by Crippen LogP contribution is -2.56. The van der Waals surface area contributed by atoms with Gasteiger partial charge in [0.15, 0.2) is 0 Å². The van der Waals surface area contributed by atoms with Crippen LogP contribution in [0.15, 0.2) is 0 Å². The highest BCUT2D eigenvalue weighted by molar-refractivity contribution is 6.09. The third-order valence-electron chi connectivity index (χ3n) is 11.9. The van der Waals surface area contributed by atoms with E-state index >= 15 is 0 Å². The Morgan fingerprint density at radius 2 is 0.542 bits per heavy atom. The molecule has 0 aliphatic carbocycles. The lowest BCUT2D eigenvalue weighted by molar-refractivity contribution is -0.118. The Kier molecular flexibility index (Phi) is 30.5. The maximum Gasteiger partial charge on any atom is 0.254 e. The number of benzene rings is 2. The van der Waals surface area contributed by atoms with E-state index in [0.717, 1.165) is 43.2 Å². The van der Waals surface area contributed by atoms with E-state index < -0.39 is 114 Å². The van der Waals surface area contributed by atoms with E-state index in [9.17, 15) is 79.8 Å². The third kappa shape index (κ3) is 16.2. The van der Waals surface area contributed by atoms with Crippen LogP contribution >= 0.6 is 0 Å². The van der Waals surface area contributed by atoms with Gasteiger partial charge < -0.3 is 80.5 Å². The predicted molar refractivity (Wildman–Crippen MR) is 272 cm³/mol. The number of hydrogen-bond donors (Lipinski definition) is 10. The van der Waals surface area contributed by atoms with Gasteiger partial charge in [0.2, 0.25) is 11.8 Å². The van der Waals surface area contributed by atoms with Crippen molar-refractivity contribution >= 4 is 46.8 Å². The lowest BCUT2D eigenvalue weighted by atomic mass is 9.87. The van der Waals surface area contributed by atoms with Crippen LogP contribution in [0.2, 0.25) is 0 Å². The summed E-state index contributed by atoms with van der Waals surface area (Å²) in [5.74, 6) is -4.52. The van der Waals surface area contributed by atoms with Crippen molar-refractivity contribution in [3.63, 3.8) is 0 Å². The zero-order valence-electron chi connectivity index (χ0n) is 44.5. The monoisotopic (exact) mass is 1020 g/mol. The van der Waals surface area contributed by atoms with E-state index in [-0.39, 0.29) is 119 Å². The van der Waals surface area contributed by atoms with Crippen LogP contribution < -0.4 is 9.80 Å². The Balaban J connectivity index is 0.0000123. The number of hydrogen-bond acceptors (Lipinski definition) is 16. The number of nitrogens with zero attached hydrogens (tertiary/aromatic N) is 6. The molecule has 10 N–H and O–H groups in total. The largest absolute Gasteiger partial charge is 0.395 e. The molecule has 0 spiro atoms. The molecule has 0 radical (unpaired) electrons. The molecule has 0 atom stereocenters. The summed E-state index contributed by atoms with van der Waals surface area (Å²) in [7, 11) is 0. The minimum atomic E-state index is -2.48. The minimum Gasteiger partial charge on any atom is -0.395 e. The molecular weight excluding hydrogens is 941 g/mol. The molecule has 0 aromatic heterocycles. The molecule has 0 heterocycles. The van der Waals surface area contributed by atoms with Crippen LogP contribution in [0.1, 0.15) is 116 Å². The maximum atomic E-state index is 14.4. The smallest absolute Gasteiger partial charge is 0.254 e. The predicted octanol–water partition coefficient (Wildman–Crippen LogP) is -0.574. The van der Waals surface area contributed by atoms with Gasteiger partial charge in [-0.25, -0.2) is 0 Å². The van der Waals surface area contributed by atoms with Crippen LogP contribution in [0.5, 0.6) is 0 Å². The van der Waals surface area contributed by atoms with Crippen molar-refractivity contribution in [3.05, 3.63) is 55.6 Å². The number of aliphatic hydroxyl groups is 10. The van der Waals surface area contributed by atoms with Crippen molar-refractivity contribution in [1.82, 2.24) is 19.6 Å². The fourth-order valence-corrected chi connectivity index (χ4v) is 8.80. The van der Waals surface area contributed by atoms with Gasteiger partial charge in [-0.15, -0.1) is 0 Å². The molecule has 0 unspecified atom stereocenters. The van der Waals surface area contributed by atoms with Gasteiger partial charge in [0.05, 0.1) is 83.9 Å². The summed E-state index contributed by atoms with van der Waals surface area (Å²) in [6.45, 7) is 10.5. The van der Waals surface area contributed by atoms with Gasteiger partial charge >= 0.3 is 0 Å². The highest BCUT2D eigenvalue weighted by Crippen LogP contribution is 2.39. The van der Waals surface area contributed by atoms with Gasteiger partial charge in [-0.2, -0.15) is 0 Å². The summed E-state index contributed by atoms with van der Waals surface area (Å²) >= 11 is 0. The standard InChI is InChI=1S/C46H72N6O16.2C2H6/c1-28-36(42(64)47(9-17-53)10-18-54)30(3)40(31(4)37(28)43(65)48(11-19-55)12-20-56)51(34(7)62)25-46(68,27-61)26-52(35(8)63)41-32(5)38(44(66)49(13-21-57)14-22-58)29(2)39(33(41)6)45(67)50(15-23-59)16-24-60;2*1-2/h53-61,68H,9-27H2,1-8H3;2*1-2H3. The average Bonchev–Trinajstić information content (AvgIpc) is 3.34. The van der Waals surface area contributed by atoms with Gasteiger partial charge in [0.1, 0.15) is 5.60 Å². The molecule has 22 nitrogen and oxygen atoms in total. The Morgan fingerprint density at radius 3 is 0.681 bits per heavy atom. The average molecular weight is 1030 g/mol. The summed E-state index contributed by atoms with van der Waals surface area (Å²) in [5.41, 5.74) is -2.37. The molecule has 2 aromatic carbocycles. The van der Waals surface area contributed by atoms with Gasteiger partial charge in [-0.3, -0.25) is 28.8 Å². The van der Waals surface area contributed by atoms with E-state index in [4.69, 9.17) is 0 Å². The molecule has 0 bridgehead atoms. The summed E-state index contributed by atoms with van der Waals surface area (Å²) < 4.78 is 0. The second kappa shape index (κ2) is 32.8. The SMILES string of the molecule is CC.CC.CC(=O)N(CC(O)(CO)CN(C(C)=O)c1c(C)c(C(=O)N(CCO)CCO)c(C)c(C(=O)N(CCO)CCO)c1C)c1c(C)c(C(=O)N(CCO)CCO)c(C)c(C(=O)N(CCO)CCO)c1C. The fourth-order valence-electron chi connectivity index (χ4n) is 8.80. The van der Waals surface area contributed by atoms with Gasteiger partial charge in [0.25, 0.3) is 23.6 Å². The van der Waals surface area contributed by atoms with Crippen molar-refractivity contribution in [2.24, 2.45) is 0 Å². The third-order valence-corrected chi connectivity index (χ3v) is 11.9. The Morgan fingerprint density at radius 1 is 0.361 bits per heavy atom. The number of amides is 6.